The molecule has 1 N–H and O–H groups in total. The van der Waals surface area contributed by atoms with Gasteiger partial charge < -0.3 is 26.8 Å². The zero-order valence-electron chi connectivity index (χ0n) is 19.0. The maximum atomic E-state index is 13.0. The van der Waals surface area contributed by atoms with Gasteiger partial charge in [-0.2, -0.15) is 0 Å². The maximum absolute atomic E-state index is 13.0. The monoisotopic (exact) mass is 495 g/mol. The van der Waals surface area contributed by atoms with Gasteiger partial charge in [-0.05, 0) is 42.8 Å². The van der Waals surface area contributed by atoms with Crippen LogP contribution in [0.1, 0.15) is 61.2 Å². The Labute approximate surface area is 206 Å². The summed E-state index contributed by atoms with van der Waals surface area (Å²) < 4.78 is 25.8. The second-order valence-electron chi connectivity index (χ2n) is 9.04. The smallest absolute Gasteiger partial charge is 0.184 e. The number of quaternary nitrogens is 1. The summed E-state index contributed by atoms with van der Waals surface area (Å²) in [6.45, 7) is 5.97. The van der Waals surface area contributed by atoms with Gasteiger partial charge in [0.1, 0.15) is 5.82 Å². The number of likely N-dealkylation sites (tertiary alicyclic amines) is 1. The Morgan fingerprint density at radius 1 is 1.12 bits per heavy atom. The van der Waals surface area contributed by atoms with Crippen LogP contribution in [-0.4, -0.2) is 37.6 Å². The van der Waals surface area contributed by atoms with Gasteiger partial charge in [-0.25, -0.2) is 4.39 Å². The number of halogens is 3. The van der Waals surface area contributed by atoms with Gasteiger partial charge in [0.05, 0.1) is 31.8 Å². The molecule has 2 saturated heterocycles. The summed E-state index contributed by atoms with van der Waals surface area (Å²) >= 11 is 6.04. The standard InChI is InChI=1S/C26H31ClFNO3.ClH/c1-2-21-18-31-25(20-5-9-22(27)10-6-20)32-26(21)13-16-29(17-14-26)15-3-4-24(30)19-7-11-23(28)12-8-19;/h5-12,21,25H,2-4,13-18H2,1H3;1H. The van der Waals surface area contributed by atoms with Crippen molar-refractivity contribution in [1.82, 2.24) is 0 Å². The minimum atomic E-state index is -0.343. The third-order valence-corrected chi connectivity index (χ3v) is 7.33. The van der Waals surface area contributed by atoms with Crippen molar-refractivity contribution in [3.8, 4) is 0 Å². The summed E-state index contributed by atoms with van der Waals surface area (Å²) in [4.78, 5) is 13.9. The molecule has 0 amide bonds. The molecule has 2 unspecified atom stereocenters. The van der Waals surface area contributed by atoms with Gasteiger partial charge in [0.2, 0.25) is 0 Å². The Morgan fingerprint density at radius 3 is 2.42 bits per heavy atom. The zero-order chi connectivity index (χ0) is 22.6. The highest BCUT2D eigenvalue weighted by atomic mass is 35.5. The van der Waals surface area contributed by atoms with Crippen LogP contribution < -0.4 is 17.3 Å². The van der Waals surface area contributed by atoms with Crippen molar-refractivity contribution in [3.05, 3.63) is 70.5 Å². The van der Waals surface area contributed by atoms with E-state index in [1.807, 2.05) is 24.3 Å². The largest absolute Gasteiger partial charge is 1.00 e. The number of ketones is 1. The number of rotatable bonds is 7. The van der Waals surface area contributed by atoms with Crippen molar-refractivity contribution in [2.75, 3.05) is 26.2 Å². The summed E-state index contributed by atoms with van der Waals surface area (Å²) in [6, 6.07) is 13.5. The molecule has 2 aliphatic heterocycles. The Morgan fingerprint density at radius 2 is 1.79 bits per heavy atom. The number of carbonyl (C=O) groups excluding carboxylic acids is 1. The Balaban J connectivity index is 0.00000306. The summed E-state index contributed by atoms with van der Waals surface area (Å²) in [5.41, 5.74) is 1.45. The summed E-state index contributed by atoms with van der Waals surface area (Å²) in [7, 11) is 0. The molecule has 2 aromatic carbocycles. The SMILES string of the molecule is CCC1COC(c2ccc(Cl)cc2)OC12CC[NH+](CCCC(=O)c1ccc(F)cc1)CC2.[Cl-]. The number of piperidine rings is 1. The van der Waals surface area contributed by atoms with Crippen LogP contribution in [0, 0.1) is 11.7 Å². The van der Waals surface area contributed by atoms with Gasteiger partial charge >= 0.3 is 0 Å². The van der Waals surface area contributed by atoms with Crippen LogP contribution in [-0.2, 0) is 9.47 Å². The molecule has 2 fully saturated rings. The molecule has 2 heterocycles. The van der Waals surface area contributed by atoms with Crippen molar-refractivity contribution in [2.24, 2.45) is 5.92 Å². The Bertz CT molecular complexity index is 899. The fraction of sp³-hybridized carbons (Fsp3) is 0.500. The molecule has 4 rings (SSSR count). The van der Waals surface area contributed by atoms with Gasteiger partial charge in [-0.3, -0.25) is 4.79 Å². The van der Waals surface area contributed by atoms with Gasteiger partial charge in [0, 0.05) is 47.8 Å². The molecule has 2 aromatic rings. The topological polar surface area (TPSA) is 40.0 Å². The molecule has 0 aliphatic carbocycles. The van der Waals surface area contributed by atoms with Crippen LogP contribution in [0.2, 0.25) is 5.02 Å². The van der Waals surface area contributed by atoms with E-state index in [0.29, 0.717) is 29.5 Å². The van der Waals surface area contributed by atoms with Crippen LogP contribution in [0.5, 0.6) is 0 Å². The minimum absolute atomic E-state index is 0. The summed E-state index contributed by atoms with van der Waals surface area (Å²) in [5.74, 6) is 0.169. The van der Waals surface area contributed by atoms with Crippen LogP contribution >= 0.6 is 11.6 Å². The van der Waals surface area contributed by atoms with Crippen LogP contribution in [0.15, 0.2) is 48.5 Å². The van der Waals surface area contributed by atoms with E-state index in [0.717, 1.165) is 50.9 Å². The summed E-state index contributed by atoms with van der Waals surface area (Å²) in [6.07, 6.45) is 4.04. The van der Waals surface area contributed by atoms with E-state index >= 15 is 0 Å². The second kappa shape index (κ2) is 11.8. The number of carbonyl (C=O) groups is 1. The molecule has 0 radical (unpaired) electrons. The highest BCUT2D eigenvalue weighted by molar-refractivity contribution is 6.30. The van der Waals surface area contributed by atoms with E-state index in [-0.39, 0.29) is 35.9 Å². The fourth-order valence-electron chi connectivity index (χ4n) is 5.05. The molecular weight excluding hydrogens is 464 g/mol. The van der Waals surface area contributed by atoms with E-state index in [1.165, 1.54) is 17.0 Å². The molecule has 180 valence electrons. The lowest BCUT2D eigenvalue weighted by molar-refractivity contribution is -0.908. The zero-order valence-corrected chi connectivity index (χ0v) is 20.5. The van der Waals surface area contributed by atoms with Gasteiger partial charge in [0.25, 0.3) is 0 Å². The van der Waals surface area contributed by atoms with Crippen molar-refractivity contribution in [1.29, 1.82) is 0 Å². The second-order valence-corrected chi connectivity index (χ2v) is 9.47. The minimum Gasteiger partial charge on any atom is -1.00 e. The molecule has 33 heavy (non-hydrogen) atoms. The van der Waals surface area contributed by atoms with Crippen molar-refractivity contribution in [3.63, 3.8) is 0 Å². The first-order valence-corrected chi connectivity index (χ1v) is 12.0. The number of nitrogens with one attached hydrogen (secondary N) is 1. The quantitative estimate of drug-likeness (QED) is 0.593. The van der Waals surface area contributed by atoms with Crippen LogP contribution in [0.3, 0.4) is 0 Å². The third-order valence-electron chi connectivity index (χ3n) is 7.07. The fourth-order valence-corrected chi connectivity index (χ4v) is 5.18. The normalized spacial score (nSPS) is 27.2. The number of hydrogen-bond donors (Lipinski definition) is 1. The van der Waals surface area contributed by atoms with Crippen LogP contribution in [0.25, 0.3) is 0 Å². The number of benzene rings is 2. The molecule has 4 nitrogen and oxygen atoms in total. The molecule has 7 heteroatoms. The number of ether oxygens (including phenoxy) is 2. The molecule has 0 aromatic heterocycles. The predicted molar refractivity (Wildman–Crippen MR) is 123 cm³/mol. The van der Waals surface area contributed by atoms with Crippen LogP contribution in [0.4, 0.5) is 4.39 Å². The van der Waals surface area contributed by atoms with E-state index in [2.05, 4.69) is 6.92 Å². The van der Waals surface area contributed by atoms with Crippen molar-refractivity contribution in [2.45, 2.75) is 50.9 Å². The molecule has 0 saturated carbocycles. The summed E-state index contributed by atoms with van der Waals surface area (Å²) in [5, 5.41) is 0.709. The lowest BCUT2D eigenvalue weighted by Gasteiger charge is -2.49. The van der Waals surface area contributed by atoms with Crippen molar-refractivity contribution >= 4 is 17.4 Å². The lowest BCUT2D eigenvalue weighted by atomic mass is 9.77. The molecule has 2 aliphatic rings. The van der Waals surface area contributed by atoms with E-state index < -0.39 is 0 Å². The Kier molecular flexibility index (Phi) is 9.31. The first-order chi connectivity index (χ1) is 15.5. The first-order valence-electron chi connectivity index (χ1n) is 11.7. The highest BCUT2D eigenvalue weighted by Crippen LogP contribution is 2.42. The highest BCUT2D eigenvalue weighted by Gasteiger charge is 2.48. The number of hydrogen-bond acceptors (Lipinski definition) is 3. The van der Waals surface area contributed by atoms with Gasteiger partial charge in [0.15, 0.2) is 12.1 Å². The maximum Gasteiger partial charge on any atom is 0.184 e. The molecule has 0 bridgehead atoms. The van der Waals surface area contributed by atoms with Gasteiger partial charge in [-0.1, -0.05) is 30.7 Å². The lowest BCUT2D eigenvalue weighted by Crippen LogP contribution is -3.13. The number of Topliss-reactive ketones (excluding diaryl/α,β-unsaturated/α-hetero) is 1. The van der Waals surface area contributed by atoms with Crippen molar-refractivity contribution < 1.29 is 36.0 Å². The average Bonchev–Trinajstić information content (AvgIpc) is 2.81. The molecule has 2 atom stereocenters. The Hall–Kier alpha value is -1.50. The third kappa shape index (κ3) is 6.34. The molecule has 1 spiro atoms. The van der Waals surface area contributed by atoms with Gasteiger partial charge in [-0.15, -0.1) is 0 Å². The van der Waals surface area contributed by atoms with E-state index in [9.17, 15) is 9.18 Å². The molecular formula is C26H32Cl2FNO3. The first kappa shape index (κ1) is 26.1. The predicted octanol–water partition coefficient (Wildman–Crippen LogP) is 1.64. The van der Waals surface area contributed by atoms with E-state index in [4.69, 9.17) is 21.1 Å². The average molecular weight is 496 g/mol. The van der Waals surface area contributed by atoms with E-state index in [1.54, 1.807) is 12.1 Å².